The van der Waals surface area contributed by atoms with Gasteiger partial charge in [-0.15, -0.1) is 0 Å². The Morgan fingerprint density at radius 1 is 1.41 bits per heavy atom. The molecule has 3 heteroatoms. The van der Waals surface area contributed by atoms with Gasteiger partial charge in [-0.3, -0.25) is 9.69 Å². The highest BCUT2D eigenvalue weighted by atomic mass is 16.4. The minimum Gasteiger partial charge on any atom is -0.481 e. The molecule has 0 spiro atoms. The molecule has 2 rings (SSSR count). The van der Waals surface area contributed by atoms with Gasteiger partial charge in [-0.2, -0.15) is 0 Å². The van der Waals surface area contributed by atoms with Crippen LogP contribution in [0.25, 0.3) is 0 Å². The van der Waals surface area contributed by atoms with E-state index in [9.17, 15) is 9.90 Å². The lowest BCUT2D eigenvalue weighted by Crippen LogP contribution is -2.60. The summed E-state index contributed by atoms with van der Waals surface area (Å²) in [5, 5.41) is 9.48. The first-order chi connectivity index (χ1) is 8.08. The molecule has 0 bridgehead atoms. The van der Waals surface area contributed by atoms with Crippen LogP contribution in [-0.2, 0) is 4.79 Å². The molecular weight excluding hydrogens is 214 g/mol. The number of rotatable bonds is 4. The average Bonchev–Trinajstić information content (AvgIpc) is 2.24. The second-order valence-corrected chi connectivity index (χ2v) is 6.09. The van der Waals surface area contributed by atoms with Crippen molar-refractivity contribution >= 4 is 5.97 Å². The van der Waals surface area contributed by atoms with Crippen molar-refractivity contribution in [2.24, 2.45) is 11.3 Å². The van der Waals surface area contributed by atoms with Crippen molar-refractivity contribution in [3.63, 3.8) is 0 Å². The van der Waals surface area contributed by atoms with Crippen molar-refractivity contribution in [3.05, 3.63) is 0 Å². The summed E-state index contributed by atoms with van der Waals surface area (Å²) in [6.07, 6.45) is 6.74. The van der Waals surface area contributed by atoms with Crippen molar-refractivity contribution in [2.75, 3.05) is 13.1 Å². The molecule has 1 saturated carbocycles. The standard InChI is InChI=1S/C14H25NO2/c1-3-6-11-9-15(10-11)12-7-4-5-8-14(12,2)13(16)17/h11-12H,3-10H2,1-2H3,(H,16,17). The van der Waals surface area contributed by atoms with Gasteiger partial charge < -0.3 is 5.11 Å². The second kappa shape index (κ2) is 4.97. The van der Waals surface area contributed by atoms with Crippen LogP contribution < -0.4 is 0 Å². The zero-order chi connectivity index (χ0) is 12.5. The predicted molar refractivity (Wildman–Crippen MR) is 68.0 cm³/mol. The fourth-order valence-electron chi connectivity index (χ4n) is 3.61. The summed E-state index contributed by atoms with van der Waals surface area (Å²) >= 11 is 0. The Kier molecular flexibility index (Phi) is 3.76. The number of aliphatic carboxylic acids is 1. The van der Waals surface area contributed by atoms with Crippen molar-refractivity contribution in [1.82, 2.24) is 4.90 Å². The molecule has 17 heavy (non-hydrogen) atoms. The van der Waals surface area contributed by atoms with Crippen LogP contribution in [-0.4, -0.2) is 35.1 Å². The molecular formula is C14H25NO2. The fraction of sp³-hybridized carbons (Fsp3) is 0.929. The fourth-order valence-corrected chi connectivity index (χ4v) is 3.61. The minimum atomic E-state index is -0.596. The maximum absolute atomic E-state index is 11.5. The Balaban J connectivity index is 1.97. The molecule has 0 aromatic heterocycles. The van der Waals surface area contributed by atoms with Crippen molar-refractivity contribution < 1.29 is 9.90 Å². The van der Waals surface area contributed by atoms with Gasteiger partial charge >= 0.3 is 5.97 Å². The van der Waals surface area contributed by atoms with Gasteiger partial charge in [0, 0.05) is 19.1 Å². The molecule has 2 fully saturated rings. The number of carboxylic acid groups (broad SMARTS) is 1. The van der Waals surface area contributed by atoms with E-state index >= 15 is 0 Å². The molecule has 1 saturated heterocycles. The van der Waals surface area contributed by atoms with Crippen molar-refractivity contribution in [2.45, 2.75) is 58.4 Å². The van der Waals surface area contributed by atoms with E-state index in [0.29, 0.717) is 0 Å². The van der Waals surface area contributed by atoms with Gasteiger partial charge in [0.1, 0.15) is 0 Å². The summed E-state index contributed by atoms with van der Waals surface area (Å²) in [5.74, 6) is 0.223. The van der Waals surface area contributed by atoms with Crippen LogP contribution >= 0.6 is 0 Å². The predicted octanol–water partition coefficient (Wildman–Crippen LogP) is 2.75. The molecule has 1 N–H and O–H groups in total. The number of likely N-dealkylation sites (tertiary alicyclic amines) is 1. The topological polar surface area (TPSA) is 40.5 Å². The molecule has 1 aliphatic carbocycles. The first-order valence-corrected chi connectivity index (χ1v) is 7.05. The zero-order valence-corrected chi connectivity index (χ0v) is 11.1. The summed E-state index contributed by atoms with van der Waals surface area (Å²) in [4.78, 5) is 13.9. The zero-order valence-electron chi connectivity index (χ0n) is 11.1. The van der Waals surface area contributed by atoms with Crippen LogP contribution in [0.1, 0.15) is 52.4 Å². The summed E-state index contributed by atoms with van der Waals surface area (Å²) in [7, 11) is 0. The second-order valence-electron chi connectivity index (χ2n) is 6.09. The lowest BCUT2D eigenvalue weighted by Gasteiger charge is -2.51. The van der Waals surface area contributed by atoms with Gasteiger partial charge in [-0.1, -0.05) is 26.2 Å². The molecule has 2 unspecified atom stereocenters. The smallest absolute Gasteiger partial charge is 0.310 e. The van der Waals surface area contributed by atoms with Gasteiger partial charge in [0.15, 0.2) is 0 Å². The minimum absolute atomic E-state index is 0.279. The van der Waals surface area contributed by atoms with Gasteiger partial charge in [-0.05, 0) is 32.1 Å². The largest absolute Gasteiger partial charge is 0.481 e. The van der Waals surface area contributed by atoms with Crippen LogP contribution in [0.15, 0.2) is 0 Å². The van der Waals surface area contributed by atoms with E-state index in [0.717, 1.165) is 38.3 Å². The Labute approximate surface area is 104 Å². The van der Waals surface area contributed by atoms with E-state index < -0.39 is 11.4 Å². The third-order valence-electron chi connectivity index (χ3n) is 4.77. The highest BCUT2D eigenvalue weighted by Crippen LogP contribution is 2.42. The van der Waals surface area contributed by atoms with Crippen molar-refractivity contribution in [1.29, 1.82) is 0 Å². The van der Waals surface area contributed by atoms with Crippen LogP contribution in [0, 0.1) is 11.3 Å². The average molecular weight is 239 g/mol. The number of carboxylic acids is 1. The van der Waals surface area contributed by atoms with Gasteiger partial charge in [0.25, 0.3) is 0 Å². The number of nitrogens with zero attached hydrogens (tertiary/aromatic N) is 1. The Morgan fingerprint density at radius 3 is 2.71 bits per heavy atom. The first kappa shape index (κ1) is 12.9. The molecule has 1 aliphatic heterocycles. The van der Waals surface area contributed by atoms with Crippen LogP contribution in [0.2, 0.25) is 0 Å². The summed E-state index contributed by atoms with van der Waals surface area (Å²) in [5.41, 5.74) is -0.505. The molecule has 0 aromatic carbocycles. The number of hydrogen-bond donors (Lipinski definition) is 1. The highest BCUT2D eigenvalue weighted by Gasteiger charge is 2.48. The van der Waals surface area contributed by atoms with Gasteiger partial charge in [-0.25, -0.2) is 0 Å². The van der Waals surface area contributed by atoms with E-state index in [1.54, 1.807) is 0 Å². The van der Waals surface area contributed by atoms with Crippen LogP contribution in [0.5, 0.6) is 0 Å². The van der Waals surface area contributed by atoms with E-state index in [1.165, 1.54) is 19.3 Å². The summed E-state index contributed by atoms with van der Waals surface area (Å²) in [6, 6.07) is 0.279. The Bertz CT molecular complexity index is 286. The highest BCUT2D eigenvalue weighted by molar-refractivity contribution is 5.75. The molecule has 1 heterocycles. The molecule has 98 valence electrons. The van der Waals surface area contributed by atoms with Crippen LogP contribution in [0.3, 0.4) is 0 Å². The quantitative estimate of drug-likeness (QED) is 0.820. The van der Waals surface area contributed by atoms with Crippen molar-refractivity contribution in [3.8, 4) is 0 Å². The monoisotopic (exact) mass is 239 g/mol. The third kappa shape index (κ3) is 2.35. The lowest BCUT2D eigenvalue weighted by molar-refractivity contribution is -0.158. The summed E-state index contributed by atoms with van der Waals surface area (Å²) in [6.45, 7) is 6.43. The normalized spacial score (nSPS) is 35.5. The number of carbonyl (C=O) groups is 1. The van der Waals surface area contributed by atoms with E-state index in [1.807, 2.05) is 6.92 Å². The molecule has 0 amide bonds. The van der Waals surface area contributed by atoms with Gasteiger partial charge in [0.05, 0.1) is 5.41 Å². The number of hydrogen-bond acceptors (Lipinski definition) is 2. The van der Waals surface area contributed by atoms with E-state index in [-0.39, 0.29) is 6.04 Å². The maximum atomic E-state index is 11.5. The SMILES string of the molecule is CCCC1CN(C2CCCCC2(C)C(=O)O)C1. The Hall–Kier alpha value is -0.570. The molecule has 2 atom stereocenters. The third-order valence-corrected chi connectivity index (χ3v) is 4.77. The Morgan fingerprint density at radius 2 is 2.12 bits per heavy atom. The maximum Gasteiger partial charge on any atom is 0.310 e. The van der Waals surface area contributed by atoms with Crippen LogP contribution in [0.4, 0.5) is 0 Å². The van der Waals surface area contributed by atoms with E-state index in [2.05, 4.69) is 11.8 Å². The van der Waals surface area contributed by atoms with E-state index in [4.69, 9.17) is 0 Å². The van der Waals surface area contributed by atoms with Gasteiger partial charge in [0.2, 0.25) is 0 Å². The molecule has 0 aromatic rings. The lowest BCUT2D eigenvalue weighted by atomic mass is 9.69. The first-order valence-electron chi connectivity index (χ1n) is 7.05. The molecule has 2 aliphatic rings. The molecule has 0 radical (unpaired) electrons. The molecule has 3 nitrogen and oxygen atoms in total. The summed E-state index contributed by atoms with van der Waals surface area (Å²) < 4.78 is 0.